The molecule has 0 aliphatic carbocycles. The standard InChI is InChI=1S/C25H25FN2O4S/c1-28(22-7-3-2-4-8-22)33(30,31)23-9-5-6-21(18-23)27-24(29)25(14-16-32-17-15-25)19-10-12-20(26)13-11-19/h2-13,18H,14-17H2,1H3,(H,27,29). The molecule has 4 rings (SSSR count). The highest BCUT2D eigenvalue weighted by Gasteiger charge is 2.41. The maximum Gasteiger partial charge on any atom is 0.264 e. The number of benzene rings is 3. The zero-order chi connectivity index (χ0) is 23.5. The van der Waals surface area contributed by atoms with Crippen LogP contribution >= 0.6 is 0 Å². The number of sulfonamides is 1. The van der Waals surface area contributed by atoms with Crippen LogP contribution in [-0.2, 0) is 25.0 Å². The molecule has 1 aliphatic heterocycles. The molecule has 0 radical (unpaired) electrons. The lowest BCUT2D eigenvalue weighted by Crippen LogP contribution is -2.44. The number of rotatable bonds is 6. The summed E-state index contributed by atoms with van der Waals surface area (Å²) in [6.45, 7) is 0.808. The third-order valence-electron chi connectivity index (χ3n) is 6.05. The largest absolute Gasteiger partial charge is 0.381 e. The van der Waals surface area contributed by atoms with Crippen LogP contribution in [0.25, 0.3) is 0 Å². The second-order valence-corrected chi connectivity index (χ2v) is 9.96. The number of hydrogen-bond donors (Lipinski definition) is 1. The molecular formula is C25H25FN2O4S. The van der Waals surface area contributed by atoms with Gasteiger partial charge in [-0.05, 0) is 60.9 Å². The number of hydrogen-bond acceptors (Lipinski definition) is 4. The first-order valence-electron chi connectivity index (χ1n) is 10.6. The van der Waals surface area contributed by atoms with Crippen LogP contribution in [0.4, 0.5) is 15.8 Å². The zero-order valence-corrected chi connectivity index (χ0v) is 19.0. The molecule has 1 fully saturated rings. The van der Waals surface area contributed by atoms with Crippen molar-refractivity contribution in [3.63, 3.8) is 0 Å². The second-order valence-electron chi connectivity index (χ2n) is 7.99. The van der Waals surface area contributed by atoms with Crippen molar-refractivity contribution in [2.45, 2.75) is 23.2 Å². The van der Waals surface area contributed by atoms with E-state index in [1.54, 1.807) is 48.5 Å². The molecule has 172 valence electrons. The molecule has 1 heterocycles. The second kappa shape index (κ2) is 9.33. The van der Waals surface area contributed by atoms with Crippen LogP contribution in [0.15, 0.2) is 83.8 Å². The van der Waals surface area contributed by atoms with Gasteiger partial charge in [0.15, 0.2) is 0 Å². The van der Waals surface area contributed by atoms with Crippen molar-refractivity contribution in [2.24, 2.45) is 0 Å². The van der Waals surface area contributed by atoms with Gasteiger partial charge in [-0.25, -0.2) is 12.8 Å². The van der Waals surface area contributed by atoms with Crippen LogP contribution in [0.2, 0.25) is 0 Å². The summed E-state index contributed by atoms with van der Waals surface area (Å²) in [5.74, 6) is -0.648. The zero-order valence-electron chi connectivity index (χ0n) is 18.2. The monoisotopic (exact) mass is 468 g/mol. The number of nitrogens with one attached hydrogen (secondary N) is 1. The molecule has 1 aliphatic rings. The average Bonchev–Trinajstić information content (AvgIpc) is 2.85. The maximum atomic E-state index is 13.5. The molecule has 3 aromatic carbocycles. The molecular weight excluding hydrogens is 443 g/mol. The van der Waals surface area contributed by atoms with Crippen LogP contribution in [-0.4, -0.2) is 34.6 Å². The predicted molar refractivity (Wildman–Crippen MR) is 125 cm³/mol. The van der Waals surface area contributed by atoms with E-state index in [0.717, 1.165) is 0 Å². The Morgan fingerprint density at radius 2 is 1.64 bits per heavy atom. The number of anilines is 2. The van der Waals surface area contributed by atoms with Crippen molar-refractivity contribution in [2.75, 3.05) is 29.9 Å². The van der Waals surface area contributed by atoms with Crippen LogP contribution in [0, 0.1) is 5.82 Å². The minimum atomic E-state index is -3.83. The molecule has 1 N–H and O–H groups in total. The quantitative estimate of drug-likeness (QED) is 0.584. The summed E-state index contributed by atoms with van der Waals surface area (Å²) in [6.07, 6.45) is 0.887. The average molecular weight is 469 g/mol. The van der Waals surface area contributed by atoms with E-state index in [0.29, 0.717) is 43.0 Å². The molecule has 33 heavy (non-hydrogen) atoms. The van der Waals surface area contributed by atoms with Gasteiger partial charge in [0.25, 0.3) is 10.0 Å². The highest BCUT2D eigenvalue weighted by molar-refractivity contribution is 7.92. The van der Waals surface area contributed by atoms with E-state index in [1.807, 2.05) is 6.07 Å². The lowest BCUT2D eigenvalue weighted by atomic mass is 9.73. The van der Waals surface area contributed by atoms with Gasteiger partial charge in [-0.15, -0.1) is 0 Å². The van der Waals surface area contributed by atoms with Crippen molar-refractivity contribution in [3.8, 4) is 0 Å². The molecule has 0 saturated carbocycles. The minimum Gasteiger partial charge on any atom is -0.381 e. The summed E-state index contributed by atoms with van der Waals surface area (Å²) in [7, 11) is -2.34. The van der Waals surface area contributed by atoms with Crippen molar-refractivity contribution in [1.29, 1.82) is 0 Å². The van der Waals surface area contributed by atoms with E-state index in [9.17, 15) is 17.6 Å². The summed E-state index contributed by atoms with van der Waals surface area (Å²) in [4.78, 5) is 13.5. The summed E-state index contributed by atoms with van der Waals surface area (Å²) in [5, 5.41) is 2.89. The first-order valence-corrected chi connectivity index (χ1v) is 12.1. The molecule has 1 saturated heterocycles. The van der Waals surface area contributed by atoms with Crippen molar-refractivity contribution in [1.82, 2.24) is 0 Å². The third kappa shape index (κ3) is 4.62. The van der Waals surface area contributed by atoms with Gasteiger partial charge in [-0.2, -0.15) is 0 Å². The van der Waals surface area contributed by atoms with Gasteiger partial charge in [-0.1, -0.05) is 36.4 Å². The minimum absolute atomic E-state index is 0.0643. The van der Waals surface area contributed by atoms with E-state index >= 15 is 0 Å². The Balaban J connectivity index is 1.62. The Morgan fingerprint density at radius 1 is 0.970 bits per heavy atom. The number of halogens is 1. The van der Waals surface area contributed by atoms with Gasteiger partial charge in [0.05, 0.1) is 16.0 Å². The van der Waals surface area contributed by atoms with Gasteiger partial charge >= 0.3 is 0 Å². The summed E-state index contributed by atoms with van der Waals surface area (Å²) < 4.78 is 46.4. The van der Waals surface area contributed by atoms with Crippen molar-refractivity contribution < 1.29 is 22.3 Å². The fraction of sp³-hybridized carbons (Fsp3) is 0.240. The number of ether oxygens (including phenoxy) is 1. The molecule has 0 spiro atoms. The highest BCUT2D eigenvalue weighted by atomic mass is 32.2. The molecule has 0 bridgehead atoms. The van der Waals surface area contributed by atoms with Crippen LogP contribution in [0.1, 0.15) is 18.4 Å². The normalized spacial score (nSPS) is 15.6. The molecule has 0 aromatic heterocycles. The molecule has 6 nitrogen and oxygen atoms in total. The lowest BCUT2D eigenvalue weighted by Gasteiger charge is -2.36. The summed E-state index contributed by atoms with van der Waals surface area (Å²) >= 11 is 0. The van der Waals surface area contributed by atoms with Crippen molar-refractivity contribution >= 4 is 27.3 Å². The maximum absolute atomic E-state index is 13.5. The summed E-state index contributed by atoms with van der Waals surface area (Å²) in [5.41, 5.74) is 0.721. The number of amides is 1. The molecule has 8 heteroatoms. The SMILES string of the molecule is CN(c1ccccc1)S(=O)(=O)c1cccc(NC(=O)C2(c3ccc(F)cc3)CCOCC2)c1. The van der Waals surface area contributed by atoms with Crippen LogP contribution in [0.5, 0.6) is 0 Å². The number of nitrogens with zero attached hydrogens (tertiary/aromatic N) is 1. The van der Waals surface area contributed by atoms with E-state index in [4.69, 9.17) is 4.74 Å². The van der Waals surface area contributed by atoms with E-state index < -0.39 is 15.4 Å². The molecule has 3 aromatic rings. The third-order valence-corrected chi connectivity index (χ3v) is 7.83. The van der Waals surface area contributed by atoms with E-state index in [1.165, 1.54) is 35.6 Å². The van der Waals surface area contributed by atoms with Gasteiger partial charge in [0, 0.05) is 25.9 Å². The first kappa shape index (κ1) is 22.9. The molecule has 0 atom stereocenters. The number of para-hydroxylation sites is 1. The lowest BCUT2D eigenvalue weighted by molar-refractivity contribution is -0.125. The Labute approximate surface area is 193 Å². The Morgan fingerprint density at radius 3 is 2.30 bits per heavy atom. The van der Waals surface area contributed by atoms with Crippen LogP contribution in [0.3, 0.4) is 0 Å². The van der Waals surface area contributed by atoms with Gasteiger partial charge in [0.1, 0.15) is 5.82 Å². The predicted octanol–water partition coefficient (Wildman–Crippen LogP) is 4.34. The molecule has 1 amide bonds. The number of carbonyl (C=O) groups excluding carboxylic acids is 1. The fourth-order valence-electron chi connectivity index (χ4n) is 4.06. The van der Waals surface area contributed by atoms with Crippen LogP contribution < -0.4 is 9.62 Å². The number of carbonyl (C=O) groups is 1. The van der Waals surface area contributed by atoms with E-state index in [2.05, 4.69) is 5.32 Å². The Bertz CT molecular complexity index is 1220. The Kier molecular flexibility index (Phi) is 6.49. The fourth-order valence-corrected chi connectivity index (χ4v) is 5.30. The topological polar surface area (TPSA) is 75.7 Å². The Hall–Kier alpha value is -3.23. The van der Waals surface area contributed by atoms with E-state index in [-0.39, 0.29) is 16.6 Å². The first-order chi connectivity index (χ1) is 15.8. The highest BCUT2D eigenvalue weighted by Crippen LogP contribution is 2.36. The summed E-state index contributed by atoms with van der Waals surface area (Å²) in [6, 6.07) is 20.9. The van der Waals surface area contributed by atoms with Gasteiger partial charge < -0.3 is 10.1 Å². The van der Waals surface area contributed by atoms with Gasteiger partial charge in [-0.3, -0.25) is 9.10 Å². The smallest absolute Gasteiger partial charge is 0.264 e. The molecule has 0 unspecified atom stereocenters. The van der Waals surface area contributed by atoms with Crippen molar-refractivity contribution in [3.05, 3.63) is 90.2 Å². The van der Waals surface area contributed by atoms with Gasteiger partial charge in [0.2, 0.25) is 5.91 Å².